The molecule has 6 N–H and O–H groups in total. The monoisotopic (exact) mass is 374 g/mol. The molecule has 0 unspecified atom stereocenters. The Kier molecular flexibility index (Phi) is 5.97. The molecule has 136 valence electrons. The molecule has 2 aromatic carbocycles. The van der Waals surface area contributed by atoms with Crippen LogP contribution in [-0.4, -0.2) is 37.0 Å². The molecule has 0 amide bonds. The van der Waals surface area contributed by atoms with Gasteiger partial charge in [-0.3, -0.25) is 10.9 Å². The fourth-order valence-electron chi connectivity index (χ4n) is 2.07. The molecule has 2 aromatic rings. The summed E-state index contributed by atoms with van der Waals surface area (Å²) in [6.07, 6.45) is 0. The van der Waals surface area contributed by atoms with Crippen LogP contribution in [0.2, 0.25) is 0 Å². The Labute approximate surface area is 155 Å². The number of rotatable bonds is 4. The molecule has 0 spiro atoms. The molecule has 0 bridgehead atoms. The second kappa shape index (κ2) is 8.17. The molecule has 0 atom stereocenters. The molecule has 0 saturated heterocycles. The van der Waals surface area contributed by atoms with Gasteiger partial charge in [0.1, 0.15) is 23.0 Å². The van der Waals surface area contributed by atoms with Crippen LogP contribution in [-0.2, 0) is 0 Å². The average molecular weight is 374 g/mol. The van der Waals surface area contributed by atoms with Crippen molar-refractivity contribution in [3.8, 4) is 23.0 Å². The Hall–Kier alpha value is -3.33. The van der Waals surface area contributed by atoms with Gasteiger partial charge >= 0.3 is 0 Å². The largest absolute Gasteiger partial charge is 0.508 e. The van der Waals surface area contributed by atoms with Crippen LogP contribution in [0.5, 0.6) is 23.0 Å². The lowest BCUT2D eigenvalue weighted by molar-refractivity contribution is 0.448. The van der Waals surface area contributed by atoms with E-state index in [2.05, 4.69) is 21.1 Å². The summed E-state index contributed by atoms with van der Waals surface area (Å²) in [6, 6.07) is 8.34. The fraction of sp³-hybridized carbons (Fsp3) is 0.118. The Morgan fingerprint density at radius 3 is 1.50 bits per heavy atom. The maximum atomic E-state index is 9.79. The van der Waals surface area contributed by atoms with Gasteiger partial charge in [0.15, 0.2) is 0 Å². The highest BCUT2D eigenvalue weighted by Crippen LogP contribution is 2.23. The zero-order valence-electron chi connectivity index (χ0n) is 14.1. The van der Waals surface area contributed by atoms with Gasteiger partial charge in [-0.05, 0) is 50.3 Å². The van der Waals surface area contributed by atoms with E-state index in [1.807, 2.05) is 0 Å². The van der Waals surface area contributed by atoms with E-state index in [0.717, 1.165) is 0 Å². The van der Waals surface area contributed by atoms with Gasteiger partial charge in [-0.2, -0.15) is 10.2 Å². The van der Waals surface area contributed by atoms with E-state index in [1.54, 1.807) is 13.8 Å². The number of nitrogens with one attached hydrogen (secondary N) is 2. The average Bonchev–Trinajstić information content (AvgIpc) is 2.57. The lowest BCUT2D eigenvalue weighted by Crippen LogP contribution is -2.29. The van der Waals surface area contributed by atoms with E-state index < -0.39 is 0 Å². The molecule has 0 radical (unpaired) electrons. The Morgan fingerprint density at radius 1 is 0.769 bits per heavy atom. The SMILES string of the molecule is CC(=NNC(=S)NN=C(C)c1ccc(O)cc1O)c1ccc(O)cc1O. The Bertz CT molecular complexity index is 825. The zero-order valence-corrected chi connectivity index (χ0v) is 14.9. The Balaban J connectivity index is 2.01. The first-order valence-corrected chi connectivity index (χ1v) is 7.88. The lowest BCUT2D eigenvalue weighted by Gasteiger charge is -2.08. The van der Waals surface area contributed by atoms with Crippen LogP contribution < -0.4 is 10.9 Å². The number of phenols is 4. The smallest absolute Gasteiger partial charge is 0.207 e. The van der Waals surface area contributed by atoms with E-state index in [9.17, 15) is 20.4 Å². The van der Waals surface area contributed by atoms with Gasteiger partial charge in [0.05, 0.1) is 11.4 Å². The first-order valence-electron chi connectivity index (χ1n) is 7.47. The number of nitrogens with zero attached hydrogens (tertiary/aromatic N) is 2. The van der Waals surface area contributed by atoms with Crippen LogP contribution >= 0.6 is 12.2 Å². The molecule has 9 heteroatoms. The van der Waals surface area contributed by atoms with Crippen molar-refractivity contribution in [2.75, 3.05) is 0 Å². The molecule has 0 saturated carbocycles. The molecule has 2 rings (SSSR count). The summed E-state index contributed by atoms with van der Waals surface area (Å²) in [4.78, 5) is 0. The van der Waals surface area contributed by atoms with Crippen molar-refractivity contribution in [1.82, 2.24) is 10.9 Å². The van der Waals surface area contributed by atoms with Gasteiger partial charge in [0.25, 0.3) is 0 Å². The standard InChI is InChI=1S/C17H18N4O4S/c1-9(13-5-3-11(22)7-15(13)24)18-20-17(26)21-19-10(2)14-6-4-12(23)8-16(14)25/h3-8,22-25H,1-2H3,(H2,20,21,26). The van der Waals surface area contributed by atoms with E-state index in [4.69, 9.17) is 12.2 Å². The first-order chi connectivity index (χ1) is 12.3. The van der Waals surface area contributed by atoms with Crippen molar-refractivity contribution in [2.24, 2.45) is 10.2 Å². The third kappa shape index (κ3) is 4.84. The highest BCUT2D eigenvalue weighted by molar-refractivity contribution is 7.80. The van der Waals surface area contributed by atoms with Crippen molar-refractivity contribution in [2.45, 2.75) is 13.8 Å². The minimum Gasteiger partial charge on any atom is -0.508 e. The van der Waals surface area contributed by atoms with Crippen molar-refractivity contribution < 1.29 is 20.4 Å². The number of aromatic hydroxyl groups is 4. The van der Waals surface area contributed by atoms with Gasteiger partial charge in [-0.1, -0.05) is 0 Å². The van der Waals surface area contributed by atoms with Crippen LogP contribution in [0.15, 0.2) is 46.6 Å². The molecular formula is C17H18N4O4S. The minimum absolute atomic E-state index is 0.0495. The second-order valence-corrected chi connectivity index (χ2v) is 5.76. The molecule has 26 heavy (non-hydrogen) atoms. The topological polar surface area (TPSA) is 130 Å². The van der Waals surface area contributed by atoms with Crippen molar-refractivity contribution >= 4 is 28.8 Å². The highest BCUT2D eigenvalue weighted by atomic mass is 32.1. The lowest BCUT2D eigenvalue weighted by atomic mass is 10.1. The highest BCUT2D eigenvalue weighted by Gasteiger charge is 2.07. The van der Waals surface area contributed by atoms with Crippen molar-refractivity contribution in [3.63, 3.8) is 0 Å². The quantitative estimate of drug-likeness (QED) is 0.275. The van der Waals surface area contributed by atoms with Crippen LogP contribution in [0.1, 0.15) is 25.0 Å². The number of hydrogen-bond acceptors (Lipinski definition) is 7. The predicted octanol–water partition coefficient (Wildman–Crippen LogP) is 2.12. The van der Waals surface area contributed by atoms with Crippen molar-refractivity contribution in [1.29, 1.82) is 0 Å². The summed E-state index contributed by atoms with van der Waals surface area (Å²) >= 11 is 5.06. The van der Waals surface area contributed by atoms with Crippen LogP contribution in [0.25, 0.3) is 0 Å². The van der Waals surface area contributed by atoms with Gasteiger partial charge in [0.2, 0.25) is 5.11 Å². The van der Waals surface area contributed by atoms with Crippen molar-refractivity contribution in [3.05, 3.63) is 47.5 Å². The molecule has 0 heterocycles. The van der Waals surface area contributed by atoms with E-state index >= 15 is 0 Å². The summed E-state index contributed by atoms with van der Waals surface area (Å²) in [6.45, 7) is 3.31. The van der Waals surface area contributed by atoms with E-state index in [-0.39, 0.29) is 28.1 Å². The summed E-state index contributed by atoms with van der Waals surface area (Å²) < 4.78 is 0. The summed E-state index contributed by atoms with van der Waals surface area (Å²) in [5, 5.41) is 46.3. The van der Waals surface area contributed by atoms with Gasteiger partial charge in [-0.15, -0.1) is 0 Å². The molecular weight excluding hydrogens is 356 g/mol. The van der Waals surface area contributed by atoms with Gasteiger partial charge < -0.3 is 20.4 Å². The molecule has 0 aromatic heterocycles. The van der Waals surface area contributed by atoms with Crippen LogP contribution in [0.3, 0.4) is 0 Å². The number of phenolic OH excluding ortho intramolecular Hbond substituents is 4. The van der Waals surface area contributed by atoms with Crippen LogP contribution in [0, 0.1) is 0 Å². The number of hydrogen-bond donors (Lipinski definition) is 6. The van der Waals surface area contributed by atoms with E-state index in [1.165, 1.54) is 36.4 Å². The third-order valence-electron chi connectivity index (χ3n) is 3.39. The molecule has 0 aliphatic heterocycles. The van der Waals surface area contributed by atoms with E-state index in [0.29, 0.717) is 22.6 Å². The Morgan fingerprint density at radius 2 is 1.15 bits per heavy atom. The first kappa shape index (κ1) is 19.0. The third-order valence-corrected chi connectivity index (χ3v) is 3.58. The molecule has 0 aliphatic carbocycles. The summed E-state index contributed by atoms with van der Waals surface area (Å²) in [5.74, 6) is -0.315. The van der Waals surface area contributed by atoms with Crippen LogP contribution in [0.4, 0.5) is 0 Å². The molecule has 8 nitrogen and oxygen atoms in total. The zero-order chi connectivity index (χ0) is 19.3. The summed E-state index contributed by atoms with van der Waals surface area (Å²) in [7, 11) is 0. The number of benzene rings is 2. The second-order valence-electron chi connectivity index (χ2n) is 5.35. The maximum absolute atomic E-state index is 9.79. The van der Waals surface area contributed by atoms with Gasteiger partial charge in [0, 0.05) is 23.3 Å². The maximum Gasteiger partial charge on any atom is 0.207 e. The predicted molar refractivity (Wildman–Crippen MR) is 103 cm³/mol. The van der Waals surface area contributed by atoms with Gasteiger partial charge in [-0.25, -0.2) is 0 Å². The normalized spacial score (nSPS) is 11.9. The fourth-order valence-corrected chi connectivity index (χ4v) is 2.16. The number of hydrazone groups is 2. The number of thiocarbonyl (C=S) groups is 1. The molecule has 0 fully saturated rings. The molecule has 0 aliphatic rings. The minimum atomic E-state index is -0.108. The summed E-state index contributed by atoms with van der Waals surface area (Å²) in [5.41, 5.74) is 6.93.